The van der Waals surface area contributed by atoms with Gasteiger partial charge in [0, 0.05) is 0 Å². The second-order valence-corrected chi connectivity index (χ2v) is 5.74. The van der Waals surface area contributed by atoms with E-state index >= 15 is 0 Å². The second kappa shape index (κ2) is 9.85. The van der Waals surface area contributed by atoms with Crippen LogP contribution in [0.15, 0.2) is 0 Å². The van der Waals surface area contributed by atoms with Crippen molar-refractivity contribution in [2.75, 3.05) is 7.11 Å². The van der Waals surface area contributed by atoms with Crippen molar-refractivity contribution in [3.8, 4) is 0 Å². The summed E-state index contributed by atoms with van der Waals surface area (Å²) in [4.78, 5) is 10.2. The molecule has 0 amide bonds. The fourth-order valence-corrected chi connectivity index (χ4v) is 0.201. The number of methoxy groups -OCH3 is 1. The summed E-state index contributed by atoms with van der Waals surface area (Å²) in [5.41, 5.74) is 0. The van der Waals surface area contributed by atoms with Crippen LogP contribution in [0.4, 0.5) is 0 Å². The van der Waals surface area contributed by atoms with Gasteiger partial charge in [-0.1, -0.05) is 6.92 Å². The van der Waals surface area contributed by atoms with Crippen molar-refractivity contribution in [3.63, 3.8) is 0 Å². The number of esters is 1. The van der Waals surface area contributed by atoms with Gasteiger partial charge in [-0.3, -0.25) is 4.79 Å². The maximum atomic E-state index is 10.2. The van der Waals surface area contributed by atoms with E-state index in [1.165, 1.54) is 7.11 Å². The molecule has 3 radical (unpaired) electrons. The van der Waals surface area contributed by atoms with Crippen molar-refractivity contribution in [2.24, 2.45) is 5.92 Å². The summed E-state index contributed by atoms with van der Waals surface area (Å²) in [7, 11) is 11.2. The van der Waals surface area contributed by atoms with Gasteiger partial charge in [-0.2, -0.15) is 0 Å². The summed E-state index contributed by atoms with van der Waals surface area (Å²) >= 11 is -0.826. The number of hydrogen-bond acceptors (Lipinski definition) is 2. The van der Waals surface area contributed by atoms with Crippen LogP contribution in [0.1, 0.15) is 6.92 Å². The molecule has 0 heterocycles. The number of rotatable bonds is 1. The van der Waals surface area contributed by atoms with Gasteiger partial charge < -0.3 is 4.74 Å². The molecule has 1 atom stereocenters. The Morgan fingerprint density at radius 3 is 2.00 bits per heavy atom. The van der Waals surface area contributed by atoms with Crippen LogP contribution in [0.5, 0.6) is 0 Å². The number of carbonyl (C=O) groups is 1. The summed E-state index contributed by atoms with van der Waals surface area (Å²) in [6.45, 7) is 5.12. The monoisotopic (exact) mass is 291 g/mol. The van der Waals surface area contributed by atoms with E-state index in [-0.39, 0.29) is 11.9 Å². The average molecular weight is 291 g/mol. The first-order valence-corrected chi connectivity index (χ1v) is 9.70. The fourth-order valence-electron chi connectivity index (χ4n) is 0.201. The zero-order valence-electron chi connectivity index (χ0n) is 5.86. The number of carbonyl (C=O) groups excluding carboxylic acids is 1. The molecule has 5 heteroatoms. The first-order chi connectivity index (χ1) is 4.59. The van der Waals surface area contributed by atoms with E-state index in [1.54, 1.807) is 6.92 Å². The first kappa shape index (κ1) is 13.4. The van der Waals surface area contributed by atoms with Gasteiger partial charge in [-0.15, -0.1) is 0 Å². The molecule has 0 aliphatic heterocycles. The summed E-state index contributed by atoms with van der Waals surface area (Å²) in [6.07, 6.45) is 0. The van der Waals surface area contributed by atoms with Crippen molar-refractivity contribution < 1.29 is 9.53 Å². The van der Waals surface area contributed by atoms with Crippen LogP contribution < -0.4 is 0 Å². The van der Waals surface area contributed by atoms with Crippen LogP contribution in [0.25, 0.3) is 0 Å². The molecule has 0 aromatic heterocycles. The van der Waals surface area contributed by atoms with Crippen molar-refractivity contribution in [3.05, 3.63) is 6.92 Å². The third-order valence-corrected chi connectivity index (χ3v) is 0.604. The molecule has 0 aliphatic rings. The molecule has 59 valence electrons. The quantitative estimate of drug-likeness (QED) is 0.542. The summed E-state index contributed by atoms with van der Waals surface area (Å²) < 4.78 is 4.31. The van der Waals surface area contributed by atoms with Gasteiger partial charge in [0.25, 0.3) is 0 Å². The van der Waals surface area contributed by atoms with Crippen molar-refractivity contribution in [1.29, 1.82) is 0 Å². The second-order valence-electron chi connectivity index (χ2n) is 1.50. The molecular formula is C5H9Cl2O2Sn. The molecule has 0 saturated carbocycles. The van der Waals surface area contributed by atoms with Crippen LogP contribution in [0.3, 0.4) is 0 Å². The van der Waals surface area contributed by atoms with Crippen molar-refractivity contribution in [1.82, 2.24) is 0 Å². The van der Waals surface area contributed by atoms with Gasteiger partial charge in [0.2, 0.25) is 0 Å². The Labute approximate surface area is 78.9 Å². The normalized spacial score (nSPS) is 8.20. The van der Waals surface area contributed by atoms with Gasteiger partial charge in [-0.05, 0) is 6.92 Å². The number of ether oxygens (including phenoxy) is 1. The van der Waals surface area contributed by atoms with E-state index in [9.17, 15) is 4.79 Å². The molecule has 2 nitrogen and oxygen atoms in total. The number of hydrogen-bond donors (Lipinski definition) is 0. The van der Waals surface area contributed by atoms with Crippen LogP contribution in [-0.2, 0) is 9.53 Å². The first-order valence-electron chi connectivity index (χ1n) is 2.47. The Morgan fingerprint density at radius 1 is 1.70 bits per heavy atom. The Kier molecular flexibility index (Phi) is 13.2. The third-order valence-electron chi connectivity index (χ3n) is 0.604. The van der Waals surface area contributed by atoms with Crippen molar-refractivity contribution >= 4 is 42.7 Å². The fraction of sp³-hybridized carbons (Fsp3) is 0.600. The molecule has 10 heavy (non-hydrogen) atoms. The van der Waals surface area contributed by atoms with Gasteiger partial charge in [-0.25, -0.2) is 0 Å². The topological polar surface area (TPSA) is 26.3 Å². The summed E-state index contributed by atoms with van der Waals surface area (Å²) in [5, 5.41) is 0. The maximum absolute atomic E-state index is 10.2. The third kappa shape index (κ3) is 11.6. The predicted octanol–water partition coefficient (Wildman–Crippen LogP) is 1.63. The molecule has 0 saturated heterocycles. The van der Waals surface area contributed by atoms with Crippen LogP contribution in [0, 0.1) is 12.8 Å². The summed E-state index contributed by atoms with van der Waals surface area (Å²) in [6, 6.07) is 0. The molecule has 0 spiro atoms. The van der Waals surface area contributed by atoms with Gasteiger partial charge in [0.15, 0.2) is 0 Å². The Morgan fingerprint density at radius 2 is 2.00 bits per heavy atom. The Bertz CT molecular complexity index is 87.7. The van der Waals surface area contributed by atoms with Gasteiger partial charge in [0.05, 0.1) is 13.0 Å². The SMILES string of the molecule is [CH2]C(C)C(=O)OC.[Cl][Sn][Cl]. The van der Waals surface area contributed by atoms with Gasteiger partial charge in [0.1, 0.15) is 0 Å². The molecule has 0 rings (SSSR count). The van der Waals surface area contributed by atoms with E-state index < -0.39 is 18.9 Å². The zero-order valence-corrected chi connectivity index (χ0v) is 10.2. The van der Waals surface area contributed by atoms with E-state index in [1.807, 2.05) is 0 Å². The zero-order chi connectivity index (χ0) is 8.57. The Hall–Kier alpha value is 0.849. The molecule has 0 aromatic rings. The van der Waals surface area contributed by atoms with E-state index in [2.05, 4.69) is 11.7 Å². The average Bonchev–Trinajstić information content (AvgIpc) is 1.88. The van der Waals surface area contributed by atoms with Gasteiger partial charge >= 0.3 is 42.7 Å². The molecule has 0 bridgehead atoms. The van der Waals surface area contributed by atoms with Crippen LogP contribution >= 0.6 is 17.8 Å². The van der Waals surface area contributed by atoms with E-state index in [0.717, 1.165) is 0 Å². The summed E-state index contributed by atoms with van der Waals surface area (Å²) in [5.74, 6) is -0.509. The van der Waals surface area contributed by atoms with Crippen LogP contribution in [-0.4, -0.2) is 32.0 Å². The van der Waals surface area contributed by atoms with Crippen LogP contribution in [0.2, 0.25) is 0 Å². The standard InChI is InChI=1S/C5H9O2.2ClH.Sn/c1-4(2)5(6)7-3;;;/h4H,1H2,2-3H3;2*1H;/q;;;+2/p-2. The molecule has 0 aromatic carbocycles. The van der Waals surface area contributed by atoms with E-state index in [4.69, 9.17) is 17.8 Å². The number of halogens is 2. The Balaban J connectivity index is 0. The molecule has 1 unspecified atom stereocenters. The van der Waals surface area contributed by atoms with E-state index in [0.29, 0.717) is 0 Å². The molecule has 0 N–H and O–H groups in total. The molecular weight excluding hydrogens is 282 g/mol. The predicted molar refractivity (Wildman–Crippen MR) is 44.0 cm³/mol. The minimum absolute atomic E-state index is 0.245. The molecule has 0 aliphatic carbocycles. The molecule has 0 fully saturated rings. The minimum atomic E-state index is -0.826. The van der Waals surface area contributed by atoms with Crippen molar-refractivity contribution in [2.45, 2.75) is 6.92 Å².